The van der Waals surface area contributed by atoms with Gasteiger partial charge in [-0.15, -0.1) is 0 Å². The van der Waals surface area contributed by atoms with Crippen molar-refractivity contribution in [2.75, 3.05) is 25.1 Å². The zero-order valence-electron chi connectivity index (χ0n) is 18.4. The van der Waals surface area contributed by atoms with Crippen LogP contribution in [0.25, 0.3) is 0 Å². The van der Waals surface area contributed by atoms with E-state index in [0.29, 0.717) is 30.5 Å². The Balaban J connectivity index is 1.51. The zero-order chi connectivity index (χ0) is 24.9. The summed E-state index contributed by atoms with van der Waals surface area (Å²) in [6, 6.07) is 16.7. The number of ether oxygens (including phenoxy) is 2. The minimum Gasteiger partial charge on any atom is -0.439 e. The third-order valence-electron chi connectivity index (χ3n) is 5.66. The van der Waals surface area contributed by atoms with Crippen LogP contribution in [0.15, 0.2) is 60.7 Å². The molecule has 0 bridgehead atoms. The lowest BCUT2D eigenvalue weighted by atomic mass is 9.74. The van der Waals surface area contributed by atoms with Crippen LogP contribution in [0.4, 0.5) is 19.1 Å². The molecule has 184 valence electrons. The summed E-state index contributed by atoms with van der Waals surface area (Å²) in [6.07, 6.45) is -3.22. The summed E-state index contributed by atoms with van der Waals surface area (Å²) in [5, 5.41) is 6.48. The van der Waals surface area contributed by atoms with Gasteiger partial charge in [-0.3, -0.25) is 0 Å². The predicted octanol–water partition coefficient (Wildman–Crippen LogP) is 5.98. The first-order chi connectivity index (χ1) is 16.7. The molecule has 0 unspecified atom stereocenters. The second-order valence-electron chi connectivity index (χ2n) is 8.04. The Hall–Kier alpha value is -2.95. The molecule has 11 heteroatoms. The molecule has 1 aliphatic heterocycles. The van der Waals surface area contributed by atoms with Gasteiger partial charge in [0.15, 0.2) is 10.8 Å². The highest BCUT2D eigenvalue weighted by atomic mass is 35.5. The number of hydrogen-bond acceptors (Lipinski definition) is 5. The van der Waals surface area contributed by atoms with Gasteiger partial charge in [-0.05, 0) is 54.9 Å². The van der Waals surface area contributed by atoms with Gasteiger partial charge in [0, 0.05) is 36.3 Å². The Labute approximate surface area is 210 Å². The Morgan fingerprint density at radius 2 is 1.80 bits per heavy atom. The molecule has 0 amide bonds. The Morgan fingerprint density at radius 3 is 2.49 bits per heavy atom. The average molecular weight is 523 g/mol. The van der Waals surface area contributed by atoms with E-state index >= 15 is 0 Å². The first-order valence-electron chi connectivity index (χ1n) is 10.8. The van der Waals surface area contributed by atoms with E-state index in [1.807, 2.05) is 18.2 Å². The van der Waals surface area contributed by atoms with Gasteiger partial charge in [0.25, 0.3) is 0 Å². The average Bonchev–Trinajstić information content (AvgIpc) is 2.83. The van der Waals surface area contributed by atoms with Gasteiger partial charge < -0.3 is 20.1 Å². The van der Waals surface area contributed by atoms with Crippen LogP contribution in [0.2, 0.25) is 5.02 Å². The molecule has 0 radical (unpaired) electrons. The molecule has 35 heavy (non-hydrogen) atoms. The lowest BCUT2D eigenvalue weighted by Gasteiger charge is -2.38. The van der Waals surface area contributed by atoms with Crippen LogP contribution in [-0.4, -0.2) is 34.8 Å². The van der Waals surface area contributed by atoms with E-state index in [4.69, 9.17) is 33.3 Å². The van der Waals surface area contributed by atoms with Crippen molar-refractivity contribution in [1.82, 2.24) is 15.3 Å². The van der Waals surface area contributed by atoms with Crippen LogP contribution in [0.1, 0.15) is 24.1 Å². The summed E-state index contributed by atoms with van der Waals surface area (Å²) in [5.74, 6) is -0.246. The molecule has 1 aromatic heterocycles. The molecule has 0 spiro atoms. The summed E-state index contributed by atoms with van der Waals surface area (Å²) >= 11 is 11.6. The number of benzene rings is 2. The molecule has 2 N–H and O–H groups in total. The van der Waals surface area contributed by atoms with Gasteiger partial charge in [-0.2, -0.15) is 18.2 Å². The molecule has 0 saturated carbocycles. The number of hydrogen-bond donors (Lipinski definition) is 2. The van der Waals surface area contributed by atoms with E-state index in [0.717, 1.165) is 24.5 Å². The van der Waals surface area contributed by atoms with E-state index < -0.39 is 11.9 Å². The lowest BCUT2D eigenvalue weighted by molar-refractivity contribution is -0.141. The molecule has 3 aromatic rings. The van der Waals surface area contributed by atoms with Crippen molar-refractivity contribution in [2.24, 2.45) is 0 Å². The molecule has 0 atom stereocenters. The largest absolute Gasteiger partial charge is 0.439 e. The second-order valence-corrected chi connectivity index (χ2v) is 8.88. The van der Waals surface area contributed by atoms with Crippen molar-refractivity contribution in [3.8, 4) is 11.6 Å². The van der Waals surface area contributed by atoms with Crippen molar-refractivity contribution in [3.05, 3.63) is 76.9 Å². The number of halogens is 4. The summed E-state index contributed by atoms with van der Waals surface area (Å²) in [4.78, 5) is 7.63. The number of thiocarbonyl (C=S) groups is 1. The van der Waals surface area contributed by atoms with Crippen LogP contribution < -0.4 is 15.4 Å². The van der Waals surface area contributed by atoms with Gasteiger partial charge in [-0.1, -0.05) is 41.9 Å². The first-order valence-corrected chi connectivity index (χ1v) is 11.6. The third-order valence-corrected chi connectivity index (χ3v) is 6.14. The number of alkyl halides is 3. The lowest BCUT2D eigenvalue weighted by Crippen LogP contribution is -2.45. The molecule has 1 saturated heterocycles. The summed E-state index contributed by atoms with van der Waals surface area (Å²) in [5.41, 5.74) is -0.411. The standard InChI is InChI=1S/C24H22ClF3N4O2S/c25-17-6-4-5-16(13-17)23(9-11-33-12-10-23)15-29-22(35)32-21-30-19(24(26,27)28)14-20(31-21)34-18-7-2-1-3-8-18/h1-8,13-14H,9-12,15H2,(H2,29,30,31,32,35). The smallest absolute Gasteiger partial charge is 0.433 e. The monoisotopic (exact) mass is 522 g/mol. The van der Waals surface area contributed by atoms with Gasteiger partial charge >= 0.3 is 6.18 Å². The zero-order valence-corrected chi connectivity index (χ0v) is 20.0. The molecule has 1 fully saturated rings. The number of para-hydroxylation sites is 1. The minimum atomic E-state index is -4.69. The normalized spacial score (nSPS) is 15.3. The minimum absolute atomic E-state index is 0.0860. The number of aromatic nitrogens is 2. The maximum Gasteiger partial charge on any atom is 0.433 e. The van der Waals surface area contributed by atoms with Gasteiger partial charge in [0.1, 0.15) is 5.75 Å². The maximum absolute atomic E-state index is 13.4. The fraction of sp³-hybridized carbons (Fsp3) is 0.292. The van der Waals surface area contributed by atoms with Crippen molar-refractivity contribution in [2.45, 2.75) is 24.4 Å². The SMILES string of the molecule is FC(F)(F)c1cc(Oc2ccccc2)nc(NC(=S)NCC2(c3cccc(Cl)c3)CCOCC2)n1. The van der Waals surface area contributed by atoms with Crippen molar-refractivity contribution in [1.29, 1.82) is 0 Å². The molecule has 6 nitrogen and oxygen atoms in total. The van der Waals surface area contributed by atoms with Crippen LogP contribution in [0, 0.1) is 0 Å². The Morgan fingerprint density at radius 1 is 1.06 bits per heavy atom. The topological polar surface area (TPSA) is 68.3 Å². The highest BCUT2D eigenvalue weighted by Crippen LogP contribution is 2.36. The van der Waals surface area contributed by atoms with Crippen LogP contribution in [-0.2, 0) is 16.3 Å². The maximum atomic E-state index is 13.4. The summed E-state index contributed by atoms with van der Waals surface area (Å²) < 4.78 is 51.4. The van der Waals surface area contributed by atoms with Gasteiger partial charge in [0.2, 0.25) is 11.8 Å². The van der Waals surface area contributed by atoms with Crippen LogP contribution >= 0.6 is 23.8 Å². The Bertz CT molecular complexity index is 1170. The molecular weight excluding hydrogens is 501 g/mol. The fourth-order valence-corrected chi connectivity index (χ4v) is 4.18. The fourth-order valence-electron chi connectivity index (χ4n) is 3.83. The van der Waals surface area contributed by atoms with Crippen LogP contribution in [0.3, 0.4) is 0 Å². The van der Waals surface area contributed by atoms with E-state index in [1.54, 1.807) is 36.4 Å². The Kier molecular flexibility index (Phi) is 7.73. The second kappa shape index (κ2) is 10.8. The number of nitrogens with zero attached hydrogens (tertiary/aromatic N) is 2. The van der Waals surface area contributed by atoms with E-state index in [-0.39, 0.29) is 22.4 Å². The van der Waals surface area contributed by atoms with Crippen molar-refractivity contribution in [3.63, 3.8) is 0 Å². The number of rotatable bonds is 6. The van der Waals surface area contributed by atoms with Gasteiger partial charge in [-0.25, -0.2) is 4.98 Å². The summed E-state index contributed by atoms with van der Waals surface area (Å²) in [7, 11) is 0. The first kappa shape index (κ1) is 25.2. The van der Waals surface area contributed by atoms with Crippen molar-refractivity contribution >= 4 is 34.9 Å². The third kappa shape index (κ3) is 6.59. The molecule has 2 heterocycles. The van der Waals surface area contributed by atoms with Crippen molar-refractivity contribution < 1.29 is 22.6 Å². The summed E-state index contributed by atoms with van der Waals surface area (Å²) in [6.45, 7) is 1.57. The number of nitrogens with one attached hydrogen (secondary N) is 2. The predicted molar refractivity (Wildman–Crippen MR) is 131 cm³/mol. The highest BCUT2D eigenvalue weighted by molar-refractivity contribution is 7.80. The molecule has 4 rings (SSSR count). The van der Waals surface area contributed by atoms with E-state index in [9.17, 15) is 13.2 Å². The number of anilines is 1. The molecular formula is C24H22ClF3N4O2S. The quantitative estimate of drug-likeness (QED) is 0.386. The van der Waals surface area contributed by atoms with Gasteiger partial charge in [0.05, 0.1) is 0 Å². The molecule has 1 aliphatic rings. The van der Waals surface area contributed by atoms with E-state index in [2.05, 4.69) is 20.6 Å². The van der Waals surface area contributed by atoms with E-state index in [1.165, 1.54) is 0 Å². The molecule has 0 aliphatic carbocycles. The molecule has 2 aromatic carbocycles. The van der Waals surface area contributed by atoms with Crippen LogP contribution in [0.5, 0.6) is 11.6 Å². The highest BCUT2D eigenvalue weighted by Gasteiger charge is 2.36.